The molecule has 1 heterocycles. The first-order valence-electron chi connectivity index (χ1n) is 6.08. The monoisotopic (exact) mass is 299 g/mol. The molecule has 1 aromatic heterocycles. The van der Waals surface area contributed by atoms with Crippen molar-refractivity contribution in [3.8, 4) is 11.4 Å². The maximum Gasteiger partial charge on any atom is 0.453 e. The highest BCUT2D eigenvalue weighted by molar-refractivity contribution is 5.89. The summed E-state index contributed by atoms with van der Waals surface area (Å²) in [6.45, 7) is 1.93. The molecule has 21 heavy (non-hydrogen) atoms. The van der Waals surface area contributed by atoms with Gasteiger partial charge in [0, 0.05) is 12.6 Å². The topological polar surface area (TPSA) is 57.0 Å². The van der Waals surface area contributed by atoms with Crippen molar-refractivity contribution in [2.75, 3.05) is 6.61 Å². The predicted molar refractivity (Wildman–Crippen MR) is 67.4 cm³/mol. The van der Waals surface area contributed by atoms with Crippen molar-refractivity contribution >= 4 is 5.97 Å². The van der Waals surface area contributed by atoms with Gasteiger partial charge in [-0.05, 0) is 19.1 Å². The Morgan fingerprint density at radius 3 is 2.38 bits per heavy atom. The Morgan fingerprint density at radius 2 is 1.90 bits per heavy atom. The number of ether oxygens (including phenoxy) is 1. The van der Waals surface area contributed by atoms with Gasteiger partial charge in [-0.3, -0.25) is 0 Å². The highest BCUT2D eigenvalue weighted by Crippen LogP contribution is 2.28. The van der Waals surface area contributed by atoms with Crippen LogP contribution in [0, 0.1) is 0 Å². The summed E-state index contributed by atoms with van der Waals surface area (Å²) in [6, 6.07) is 5.93. The lowest BCUT2D eigenvalue weighted by Gasteiger charge is -2.03. The molecule has 1 aromatic carbocycles. The van der Waals surface area contributed by atoms with Gasteiger partial charge in [-0.15, -0.1) is 5.10 Å². The standard InChI is InChI=1S/C13H12F3N3O2/c1-3-21-11(20)9-6-4-8(5-7-9)10-17-12(13(14,15)16)18-19(10)2/h4-7H,3H2,1-2H3. The Morgan fingerprint density at radius 1 is 1.29 bits per heavy atom. The molecule has 2 rings (SSSR count). The molecule has 0 saturated heterocycles. The molecule has 0 atom stereocenters. The molecule has 0 aliphatic rings. The molecule has 0 saturated carbocycles. The number of benzene rings is 1. The van der Waals surface area contributed by atoms with Crippen LogP contribution in [0.4, 0.5) is 13.2 Å². The number of esters is 1. The van der Waals surface area contributed by atoms with E-state index in [-0.39, 0.29) is 12.4 Å². The molecule has 0 spiro atoms. The number of nitrogens with zero attached hydrogens (tertiary/aromatic N) is 3. The van der Waals surface area contributed by atoms with Gasteiger partial charge in [0.05, 0.1) is 12.2 Å². The van der Waals surface area contributed by atoms with Crippen molar-refractivity contribution in [3.63, 3.8) is 0 Å². The maximum atomic E-state index is 12.6. The second-order valence-electron chi connectivity index (χ2n) is 4.18. The van der Waals surface area contributed by atoms with E-state index >= 15 is 0 Å². The van der Waals surface area contributed by atoms with E-state index in [0.717, 1.165) is 4.68 Å². The fraction of sp³-hybridized carbons (Fsp3) is 0.308. The molecule has 2 aromatic rings. The summed E-state index contributed by atoms with van der Waals surface area (Å²) >= 11 is 0. The molecule has 0 radical (unpaired) electrons. The van der Waals surface area contributed by atoms with Crippen LogP contribution in [-0.4, -0.2) is 27.3 Å². The summed E-state index contributed by atoms with van der Waals surface area (Å²) in [7, 11) is 1.37. The van der Waals surface area contributed by atoms with Crippen LogP contribution in [0.25, 0.3) is 11.4 Å². The minimum Gasteiger partial charge on any atom is -0.462 e. The average molecular weight is 299 g/mol. The van der Waals surface area contributed by atoms with Crippen molar-refractivity contribution in [2.24, 2.45) is 7.05 Å². The fourth-order valence-corrected chi connectivity index (χ4v) is 1.73. The van der Waals surface area contributed by atoms with Gasteiger partial charge in [0.15, 0.2) is 5.82 Å². The van der Waals surface area contributed by atoms with Gasteiger partial charge in [0.1, 0.15) is 0 Å². The zero-order chi connectivity index (χ0) is 15.6. The largest absolute Gasteiger partial charge is 0.462 e. The summed E-state index contributed by atoms with van der Waals surface area (Å²) in [5.74, 6) is -1.62. The lowest BCUT2D eigenvalue weighted by Crippen LogP contribution is -2.08. The third-order valence-corrected chi connectivity index (χ3v) is 2.67. The molecule has 0 aliphatic heterocycles. The minimum absolute atomic E-state index is 0.0673. The van der Waals surface area contributed by atoms with Crippen LogP contribution in [0.2, 0.25) is 0 Å². The maximum absolute atomic E-state index is 12.6. The Hall–Kier alpha value is -2.38. The van der Waals surface area contributed by atoms with E-state index < -0.39 is 18.0 Å². The zero-order valence-corrected chi connectivity index (χ0v) is 11.3. The van der Waals surface area contributed by atoms with Crippen LogP contribution in [0.1, 0.15) is 23.1 Å². The second-order valence-corrected chi connectivity index (χ2v) is 4.18. The van der Waals surface area contributed by atoms with Crippen molar-refractivity contribution < 1.29 is 22.7 Å². The number of hydrogen-bond donors (Lipinski definition) is 0. The molecule has 0 N–H and O–H groups in total. The second kappa shape index (κ2) is 5.55. The quantitative estimate of drug-likeness (QED) is 0.818. The highest BCUT2D eigenvalue weighted by Gasteiger charge is 2.36. The van der Waals surface area contributed by atoms with Gasteiger partial charge < -0.3 is 4.74 Å². The summed E-state index contributed by atoms with van der Waals surface area (Å²) in [5.41, 5.74) is 0.743. The third-order valence-electron chi connectivity index (χ3n) is 2.67. The SMILES string of the molecule is CCOC(=O)c1ccc(-c2nc(C(F)(F)F)nn2C)cc1. The molecular formula is C13H12F3N3O2. The third kappa shape index (κ3) is 3.21. The van der Waals surface area contributed by atoms with Crippen LogP contribution in [0.15, 0.2) is 24.3 Å². The van der Waals surface area contributed by atoms with Crippen molar-refractivity contribution in [2.45, 2.75) is 13.1 Å². The average Bonchev–Trinajstić information content (AvgIpc) is 2.81. The molecule has 0 unspecified atom stereocenters. The van der Waals surface area contributed by atoms with Gasteiger partial charge in [-0.2, -0.15) is 13.2 Å². The number of aromatic nitrogens is 3. The normalized spacial score (nSPS) is 11.5. The number of rotatable bonds is 3. The summed E-state index contributed by atoms with van der Waals surface area (Å²) < 4.78 is 43.5. The van der Waals surface area contributed by atoms with Crippen molar-refractivity contribution in [1.82, 2.24) is 14.8 Å². The molecular weight excluding hydrogens is 287 g/mol. The zero-order valence-electron chi connectivity index (χ0n) is 11.3. The molecule has 0 bridgehead atoms. The van der Waals surface area contributed by atoms with Crippen molar-refractivity contribution in [3.05, 3.63) is 35.7 Å². The van der Waals surface area contributed by atoms with Crippen LogP contribution in [0.3, 0.4) is 0 Å². The molecule has 112 valence electrons. The minimum atomic E-state index is -4.60. The Bertz CT molecular complexity index is 648. The fourth-order valence-electron chi connectivity index (χ4n) is 1.73. The van der Waals surface area contributed by atoms with E-state index in [0.29, 0.717) is 11.1 Å². The first-order chi connectivity index (χ1) is 9.82. The van der Waals surface area contributed by atoms with E-state index in [9.17, 15) is 18.0 Å². The number of aryl methyl sites for hydroxylation is 1. The van der Waals surface area contributed by atoms with E-state index in [2.05, 4.69) is 10.1 Å². The van der Waals surface area contributed by atoms with Crippen molar-refractivity contribution in [1.29, 1.82) is 0 Å². The summed E-state index contributed by atoms with van der Waals surface area (Å²) in [5, 5.41) is 3.33. The number of carbonyl (C=O) groups excluding carboxylic acids is 1. The molecule has 0 amide bonds. The lowest BCUT2D eigenvalue weighted by atomic mass is 10.1. The van der Waals surface area contributed by atoms with Gasteiger partial charge in [0.25, 0.3) is 5.82 Å². The van der Waals surface area contributed by atoms with E-state index in [1.165, 1.54) is 31.3 Å². The van der Waals surface area contributed by atoms with E-state index in [1.54, 1.807) is 6.92 Å². The van der Waals surface area contributed by atoms with Crippen LogP contribution < -0.4 is 0 Å². The first kappa shape index (κ1) is 15.0. The Kier molecular flexibility index (Phi) is 3.97. The Labute approximate surface area is 118 Å². The van der Waals surface area contributed by atoms with Crippen LogP contribution in [-0.2, 0) is 18.0 Å². The number of hydrogen-bond acceptors (Lipinski definition) is 4. The number of halogens is 3. The van der Waals surface area contributed by atoms with E-state index in [1.807, 2.05) is 0 Å². The smallest absolute Gasteiger partial charge is 0.453 e. The number of carbonyl (C=O) groups is 1. The van der Waals surface area contributed by atoms with E-state index in [4.69, 9.17) is 4.74 Å². The lowest BCUT2D eigenvalue weighted by molar-refractivity contribution is -0.144. The molecule has 0 fully saturated rings. The summed E-state index contributed by atoms with van der Waals surface area (Å²) in [4.78, 5) is 15.0. The van der Waals surface area contributed by atoms with Gasteiger partial charge in [0.2, 0.25) is 0 Å². The number of alkyl halides is 3. The Balaban J connectivity index is 2.31. The van der Waals surface area contributed by atoms with Crippen LogP contribution >= 0.6 is 0 Å². The summed E-state index contributed by atoms with van der Waals surface area (Å²) in [6.07, 6.45) is -4.60. The molecule has 8 heteroatoms. The molecule has 5 nitrogen and oxygen atoms in total. The van der Waals surface area contributed by atoms with Crippen LogP contribution in [0.5, 0.6) is 0 Å². The van der Waals surface area contributed by atoms with Gasteiger partial charge in [-0.1, -0.05) is 12.1 Å². The van der Waals surface area contributed by atoms with Gasteiger partial charge >= 0.3 is 12.1 Å². The predicted octanol–water partition coefficient (Wildman–Crippen LogP) is 2.68. The highest BCUT2D eigenvalue weighted by atomic mass is 19.4. The van der Waals surface area contributed by atoms with Gasteiger partial charge in [-0.25, -0.2) is 14.5 Å². The molecule has 0 aliphatic carbocycles. The first-order valence-corrected chi connectivity index (χ1v) is 6.08.